The van der Waals surface area contributed by atoms with E-state index in [1.54, 1.807) is 7.11 Å². The van der Waals surface area contributed by atoms with Crippen LogP contribution in [-0.2, 0) is 17.8 Å². The highest BCUT2D eigenvalue weighted by molar-refractivity contribution is 5.82. The molecule has 1 amide bonds. The summed E-state index contributed by atoms with van der Waals surface area (Å²) in [4.78, 5) is 14.4. The number of ether oxygens (including phenoxy) is 1. The number of benzene rings is 1. The molecule has 1 aromatic carbocycles. The van der Waals surface area contributed by atoms with Crippen LogP contribution in [0.2, 0.25) is 0 Å². The van der Waals surface area contributed by atoms with Crippen molar-refractivity contribution in [1.82, 2.24) is 10.2 Å². The first-order valence-electron chi connectivity index (χ1n) is 6.96. The Labute approximate surface area is 113 Å². The predicted molar refractivity (Wildman–Crippen MR) is 73.1 cm³/mol. The average molecular weight is 260 g/mol. The zero-order valence-electron chi connectivity index (χ0n) is 11.3. The van der Waals surface area contributed by atoms with Crippen LogP contribution in [0.25, 0.3) is 0 Å². The number of nitrogens with one attached hydrogen (secondary N) is 1. The lowest BCUT2D eigenvalue weighted by Gasteiger charge is -2.31. The Morgan fingerprint density at radius 2 is 2.32 bits per heavy atom. The van der Waals surface area contributed by atoms with Crippen molar-refractivity contribution in [2.45, 2.75) is 31.8 Å². The number of carbonyl (C=O) groups excluding carboxylic acids is 1. The molecule has 3 rings (SSSR count). The third-order valence-electron chi connectivity index (χ3n) is 4.10. The van der Waals surface area contributed by atoms with E-state index in [-0.39, 0.29) is 11.9 Å². The first-order chi connectivity index (χ1) is 9.28. The zero-order valence-corrected chi connectivity index (χ0v) is 11.3. The largest absolute Gasteiger partial charge is 0.497 e. The van der Waals surface area contributed by atoms with Crippen molar-refractivity contribution < 1.29 is 9.53 Å². The van der Waals surface area contributed by atoms with Crippen LogP contribution in [-0.4, -0.2) is 37.0 Å². The number of rotatable bonds is 2. The lowest BCUT2D eigenvalue weighted by atomic mass is 9.98. The smallest absolute Gasteiger partial charge is 0.240 e. The van der Waals surface area contributed by atoms with Gasteiger partial charge >= 0.3 is 0 Å². The molecule has 1 saturated heterocycles. The molecule has 1 atom stereocenters. The summed E-state index contributed by atoms with van der Waals surface area (Å²) in [5.74, 6) is 1.16. The third-order valence-corrected chi connectivity index (χ3v) is 4.10. The van der Waals surface area contributed by atoms with Crippen LogP contribution in [0.1, 0.15) is 24.0 Å². The zero-order chi connectivity index (χ0) is 13.2. The maximum Gasteiger partial charge on any atom is 0.240 e. The highest BCUT2D eigenvalue weighted by Gasteiger charge is 2.29. The van der Waals surface area contributed by atoms with Gasteiger partial charge in [0.25, 0.3) is 0 Å². The minimum Gasteiger partial charge on any atom is -0.497 e. The molecule has 2 heterocycles. The molecule has 0 radical (unpaired) electrons. The summed E-state index contributed by atoms with van der Waals surface area (Å²) in [7, 11) is 1.69. The summed E-state index contributed by atoms with van der Waals surface area (Å²) >= 11 is 0. The number of amides is 1. The van der Waals surface area contributed by atoms with Gasteiger partial charge in [-0.05, 0) is 49.1 Å². The molecule has 2 aliphatic heterocycles. The van der Waals surface area contributed by atoms with E-state index in [1.807, 2.05) is 11.0 Å². The summed E-state index contributed by atoms with van der Waals surface area (Å²) in [6.07, 6.45) is 3.01. The Kier molecular flexibility index (Phi) is 3.42. The fourth-order valence-electron chi connectivity index (χ4n) is 2.96. The van der Waals surface area contributed by atoms with Crippen LogP contribution in [0.5, 0.6) is 5.75 Å². The monoisotopic (exact) mass is 260 g/mol. The molecule has 4 nitrogen and oxygen atoms in total. The summed E-state index contributed by atoms with van der Waals surface area (Å²) < 4.78 is 5.25. The molecular formula is C15H20N2O2. The molecule has 0 aromatic heterocycles. The number of methoxy groups -OCH3 is 1. The van der Waals surface area contributed by atoms with E-state index in [9.17, 15) is 4.79 Å². The van der Waals surface area contributed by atoms with Crippen molar-refractivity contribution in [1.29, 1.82) is 0 Å². The fraction of sp³-hybridized carbons (Fsp3) is 0.533. The fourth-order valence-corrected chi connectivity index (χ4v) is 2.96. The van der Waals surface area contributed by atoms with Crippen molar-refractivity contribution in [3.8, 4) is 5.75 Å². The lowest BCUT2D eigenvalue weighted by molar-refractivity contribution is -0.134. The Bertz CT molecular complexity index is 481. The molecule has 0 spiro atoms. The van der Waals surface area contributed by atoms with E-state index >= 15 is 0 Å². The molecule has 0 unspecified atom stereocenters. The predicted octanol–water partition coefficient (Wildman–Crippen LogP) is 1.33. The van der Waals surface area contributed by atoms with Crippen molar-refractivity contribution in [2.75, 3.05) is 20.2 Å². The normalized spacial score (nSPS) is 22.2. The van der Waals surface area contributed by atoms with E-state index in [2.05, 4.69) is 17.4 Å². The number of hydrogen-bond acceptors (Lipinski definition) is 3. The van der Waals surface area contributed by atoms with Crippen molar-refractivity contribution in [3.63, 3.8) is 0 Å². The van der Waals surface area contributed by atoms with Gasteiger partial charge in [-0.15, -0.1) is 0 Å². The van der Waals surface area contributed by atoms with Gasteiger partial charge in [0.2, 0.25) is 5.91 Å². The summed E-state index contributed by atoms with van der Waals surface area (Å²) in [5.41, 5.74) is 2.56. The minimum absolute atomic E-state index is 0.0415. The molecule has 0 aliphatic carbocycles. The van der Waals surface area contributed by atoms with Gasteiger partial charge in [-0.3, -0.25) is 4.79 Å². The summed E-state index contributed by atoms with van der Waals surface area (Å²) in [6.45, 7) is 2.52. The average Bonchev–Trinajstić information content (AvgIpc) is 2.99. The van der Waals surface area contributed by atoms with Crippen LogP contribution in [0.3, 0.4) is 0 Å². The molecular weight excluding hydrogens is 240 g/mol. The van der Waals surface area contributed by atoms with Crippen LogP contribution in [0.15, 0.2) is 18.2 Å². The summed E-state index contributed by atoms with van der Waals surface area (Å²) in [5, 5.41) is 3.28. The molecule has 2 aliphatic rings. The van der Waals surface area contributed by atoms with Gasteiger partial charge in [-0.25, -0.2) is 0 Å². The molecule has 0 saturated carbocycles. The highest BCUT2D eigenvalue weighted by Crippen LogP contribution is 2.24. The quantitative estimate of drug-likeness (QED) is 0.872. The van der Waals surface area contributed by atoms with Crippen LogP contribution in [0.4, 0.5) is 0 Å². The van der Waals surface area contributed by atoms with Crippen molar-refractivity contribution in [3.05, 3.63) is 29.3 Å². The second-order valence-corrected chi connectivity index (χ2v) is 5.29. The van der Waals surface area contributed by atoms with E-state index in [1.165, 1.54) is 11.1 Å². The number of hydrogen-bond donors (Lipinski definition) is 1. The molecule has 1 fully saturated rings. The Balaban J connectivity index is 1.73. The Hall–Kier alpha value is -1.55. The van der Waals surface area contributed by atoms with E-state index < -0.39 is 0 Å². The molecule has 0 bridgehead atoms. The molecule has 1 N–H and O–H groups in total. The van der Waals surface area contributed by atoms with Gasteiger partial charge in [0.15, 0.2) is 0 Å². The molecule has 102 valence electrons. The van der Waals surface area contributed by atoms with Gasteiger partial charge in [0.05, 0.1) is 13.2 Å². The van der Waals surface area contributed by atoms with Gasteiger partial charge in [0.1, 0.15) is 5.75 Å². The minimum atomic E-state index is 0.0415. The first-order valence-corrected chi connectivity index (χ1v) is 6.96. The number of nitrogens with zero attached hydrogens (tertiary/aromatic N) is 1. The molecule has 19 heavy (non-hydrogen) atoms. The van der Waals surface area contributed by atoms with Gasteiger partial charge < -0.3 is 15.0 Å². The van der Waals surface area contributed by atoms with Crippen LogP contribution >= 0.6 is 0 Å². The van der Waals surface area contributed by atoms with Gasteiger partial charge in [-0.1, -0.05) is 6.07 Å². The SMILES string of the molecule is COc1ccc2c(c1)CCN(C(=O)[C@@H]1CCCN1)C2. The third kappa shape index (κ3) is 2.45. The van der Waals surface area contributed by atoms with Crippen LogP contribution in [0, 0.1) is 0 Å². The van der Waals surface area contributed by atoms with Gasteiger partial charge in [0, 0.05) is 13.1 Å². The van der Waals surface area contributed by atoms with Gasteiger partial charge in [-0.2, -0.15) is 0 Å². The highest BCUT2D eigenvalue weighted by atomic mass is 16.5. The Morgan fingerprint density at radius 1 is 1.42 bits per heavy atom. The first kappa shape index (κ1) is 12.5. The summed E-state index contributed by atoms with van der Waals surface area (Å²) in [6, 6.07) is 6.18. The second-order valence-electron chi connectivity index (χ2n) is 5.29. The van der Waals surface area contributed by atoms with Crippen molar-refractivity contribution >= 4 is 5.91 Å². The number of fused-ring (bicyclic) bond motifs is 1. The van der Waals surface area contributed by atoms with E-state index in [0.717, 1.165) is 44.6 Å². The lowest BCUT2D eigenvalue weighted by Crippen LogP contribution is -2.45. The van der Waals surface area contributed by atoms with Crippen LogP contribution < -0.4 is 10.1 Å². The maximum absolute atomic E-state index is 12.4. The van der Waals surface area contributed by atoms with E-state index in [0.29, 0.717) is 0 Å². The number of carbonyl (C=O) groups is 1. The Morgan fingerprint density at radius 3 is 3.05 bits per heavy atom. The van der Waals surface area contributed by atoms with E-state index in [4.69, 9.17) is 4.74 Å². The standard InChI is InChI=1S/C15H20N2O2/c1-19-13-5-4-12-10-17(8-6-11(12)9-13)15(18)14-3-2-7-16-14/h4-5,9,14,16H,2-3,6-8,10H2,1H3/t14-/m0/s1. The van der Waals surface area contributed by atoms with Crippen molar-refractivity contribution in [2.24, 2.45) is 0 Å². The maximum atomic E-state index is 12.4. The molecule has 4 heteroatoms. The topological polar surface area (TPSA) is 41.6 Å². The second kappa shape index (κ2) is 5.21. The molecule has 1 aromatic rings.